The zero-order chi connectivity index (χ0) is 23.6. The molecular formula is C34H31N. The highest BCUT2D eigenvalue weighted by atomic mass is 15.0. The van der Waals surface area contributed by atoms with Gasteiger partial charge in [-0.05, 0) is 51.6 Å². The first-order chi connectivity index (χ1) is 17.3. The lowest BCUT2D eigenvalue weighted by atomic mass is 9.96. The molecule has 1 aromatic heterocycles. The summed E-state index contributed by atoms with van der Waals surface area (Å²) in [5.74, 6) is 0. The molecule has 1 heteroatoms. The molecule has 0 aliphatic heterocycles. The van der Waals surface area contributed by atoms with Gasteiger partial charge in [0.05, 0.1) is 0 Å². The second-order valence-corrected chi connectivity index (χ2v) is 9.57. The Balaban J connectivity index is 1.39. The van der Waals surface area contributed by atoms with Crippen LogP contribution in [0.2, 0.25) is 0 Å². The number of hydrogen-bond acceptors (Lipinski definition) is 0. The minimum atomic E-state index is 1.08. The third-order valence-electron chi connectivity index (χ3n) is 7.33. The van der Waals surface area contributed by atoms with E-state index in [1.54, 1.807) is 0 Å². The van der Waals surface area contributed by atoms with Crippen molar-refractivity contribution in [3.05, 3.63) is 109 Å². The van der Waals surface area contributed by atoms with E-state index in [1.807, 2.05) is 0 Å². The second kappa shape index (κ2) is 9.43. The molecule has 0 bridgehead atoms. The highest BCUT2D eigenvalue weighted by Gasteiger charge is 2.12. The summed E-state index contributed by atoms with van der Waals surface area (Å²) in [5.41, 5.74) is 7.79. The molecule has 0 atom stereocenters. The molecule has 0 fully saturated rings. The molecule has 0 radical (unpaired) electrons. The summed E-state index contributed by atoms with van der Waals surface area (Å²) in [7, 11) is 0. The Hall–Kier alpha value is -3.84. The van der Waals surface area contributed by atoms with Crippen molar-refractivity contribution in [1.82, 2.24) is 4.57 Å². The van der Waals surface area contributed by atoms with Crippen molar-refractivity contribution in [2.45, 2.75) is 39.2 Å². The molecule has 1 nitrogen and oxygen atoms in total. The number of unbranched alkanes of at least 4 members (excludes halogenated alkanes) is 3. The van der Waals surface area contributed by atoms with E-state index in [9.17, 15) is 0 Å². The summed E-state index contributed by atoms with van der Waals surface area (Å²) >= 11 is 0. The number of nitrogens with zero attached hydrogens (tertiary/aromatic N) is 1. The number of rotatable bonds is 7. The van der Waals surface area contributed by atoms with Gasteiger partial charge >= 0.3 is 0 Å². The van der Waals surface area contributed by atoms with Gasteiger partial charge in [0, 0.05) is 28.4 Å². The molecule has 35 heavy (non-hydrogen) atoms. The van der Waals surface area contributed by atoms with E-state index >= 15 is 0 Å². The van der Waals surface area contributed by atoms with Crippen LogP contribution in [0.1, 0.15) is 32.6 Å². The second-order valence-electron chi connectivity index (χ2n) is 9.57. The molecule has 0 N–H and O–H groups in total. The van der Waals surface area contributed by atoms with Crippen molar-refractivity contribution in [2.75, 3.05) is 0 Å². The average Bonchev–Trinajstić information content (AvgIpc) is 3.24. The first-order valence-corrected chi connectivity index (χ1v) is 12.9. The first-order valence-electron chi connectivity index (χ1n) is 12.9. The molecule has 0 amide bonds. The van der Waals surface area contributed by atoms with Gasteiger partial charge in [0.2, 0.25) is 0 Å². The Bertz CT molecular complexity index is 1610. The third-order valence-corrected chi connectivity index (χ3v) is 7.33. The van der Waals surface area contributed by atoms with E-state index in [0.29, 0.717) is 0 Å². The van der Waals surface area contributed by atoms with E-state index in [1.165, 1.54) is 80.5 Å². The Morgan fingerprint density at radius 1 is 0.514 bits per heavy atom. The van der Waals surface area contributed by atoms with Crippen molar-refractivity contribution in [3.8, 4) is 22.3 Å². The van der Waals surface area contributed by atoms with Gasteiger partial charge in [0.15, 0.2) is 0 Å². The fraction of sp³-hybridized carbons (Fsp3) is 0.176. The summed E-state index contributed by atoms with van der Waals surface area (Å²) < 4.78 is 2.54. The summed E-state index contributed by atoms with van der Waals surface area (Å²) in [6.45, 7) is 3.35. The predicted molar refractivity (Wildman–Crippen MR) is 152 cm³/mol. The summed E-state index contributed by atoms with van der Waals surface area (Å²) in [4.78, 5) is 0. The van der Waals surface area contributed by atoms with Crippen LogP contribution in [0.5, 0.6) is 0 Å². The van der Waals surface area contributed by atoms with Gasteiger partial charge in [0.1, 0.15) is 0 Å². The molecular weight excluding hydrogens is 422 g/mol. The number of hydrogen-bond donors (Lipinski definition) is 0. The molecule has 0 spiro atoms. The third kappa shape index (κ3) is 4.02. The van der Waals surface area contributed by atoms with Crippen LogP contribution in [0.15, 0.2) is 109 Å². The number of fused-ring (bicyclic) bond motifs is 4. The Labute approximate surface area is 207 Å². The summed E-state index contributed by atoms with van der Waals surface area (Å²) in [6.07, 6.45) is 5.10. The molecule has 6 aromatic rings. The van der Waals surface area contributed by atoms with Crippen LogP contribution in [0, 0.1) is 0 Å². The van der Waals surface area contributed by atoms with Crippen molar-refractivity contribution in [1.29, 1.82) is 0 Å². The fourth-order valence-corrected chi connectivity index (χ4v) is 5.49. The maximum atomic E-state index is 2.54. The molecule has 0 aliphatic rings. The van der Waals surface area contributed by atoms with E-state index in [-0.39, 0.29) is 0 Å². The maximum Gasteiger partial charge on any atom is 0.0497 e. The zero-order valence-electron chi connectivity index (χ0n) is 20.4. The first kappa shape index (κ1) is 21.7. The molecule has 6 rings (SSSR count). The van der Waals surface area contributed by atoms with Crippen LogP contribution in [-0.2, 0) is 6.54 Å². The smallest absolute Gasteiger partial charge is 0.0497 e. The van der Waals surface area contributed by atoms with Gasteiger partial charge in [-0.3, -0.25) is 0 Å². The highest BCUT2D eigenvalue weighted by molar-refractivity contribution is 6.09. The lowest BCUT2D eigenvalue weighted by Gasteiger charge is -2.10. The summed E-state index contributed by atoms with van der Waals surface area (Å²) in [5, 5.41) is 5.30. The van der Waals surface area contributed by atoms with E-state index in [0.717, 1.165) is 6.54 Å². The van der Waals surface area contributed by atoms with Crippen molar-refractivity contribution >= 4 is 32.6 Å². The zero-order valence-corrected chi connectivity index (χ0v) is 20.4. The molecule has 172 valence electrons. The van der Waals surface area contributed by atoms with E-state index < -0.39 is 0 Å². The van der Waals surface area contributed by atoms with Crippen molar-refractivity contribution in [3.63, 3.8) is 0 Å². The lowest BCUT2D eigenvalue weighted by molar-refractivity contribution is 0.602. The van der Waals surface area contributed by atoms with E-state index in [4.69, 9.17) is 0 Å². The van der Waals surface area contributed by atoms with Crippen LogP contribution in [0.25, 0.3) is 54.8 Å². The summed E-state index contributed by atoms with van der Waals surface area (Å²) in [6, 6.07) is 40.1. The normalized spacial score (nSPS) is 11.6. The molecule has 5 aromatic carbocycles. The Kier molecular flexibility index (Phi) is 5.84. The minimum Gasteiger partial charge on any atom is -0.340 e. The standard InChI is InChI=1S/C34H31N/c1-2-3-4-9-23-35-33-16-8-7-14-31(33)32-22-21-28(24-34(32)35)25-17-19-27(20-18-25)30-15-10-12-26-11-5-6-13-29(26)30/h5-8,10-22,24H,2-4,9,23H2,1H3. The van der Waals surface area contributed by atoms with Gasteiger partial charge in [-0.25, -0.2) is 0 Å². The van der Waals surface area contributed by atoms with Gasteiger partial charge in [0.25, 0.3) is 0 Å². The highest BCUT2D eigenvalue weighted by Crippen LogP contribution is 2.34. The van der Waals surface area contributed by atoms with Crippen LogP contribution in [-0.4, -0.2) is 4.57 Å². The largest absolute Gasteiger partial charge is 0.340 e. The van der Waals surface area contributed by atoms with Crippen LogP contribution < -0.4 is 0 Å². The molecule has 0 aliphatic carbocycles. The Morgan fingerprint density at radius 3 is 2.06 bits per heavy atom. The monoisotopic (exact) mass is 453 g/mol. The Morgan fingerprint density at radius 2 is 1.20 bits per heavy atom. The van der Waals surface area contributed by atoms with Gasteiger partial charge < -0.3 is 4.57 Å². The molecule has 0 saturated carbocycles. The number of para-hydroxylation sites is 1. The van der Waals surface area contributed by atoms with Gasteiger partial charge in [-0.1, -0.05) is 123 Å². The predicted octanol–water partition coefficient (Wildman–Crippen LogP) is 9.86. The van der Waals surface area contributed by atoms with Crippen molar-refractivity contribution < 1.29 is 0 Å². The minimum absolute atomic E-state index is 1.08. The van der Waals surface area contributed by atoms with Gasteiger partial charge in [-0.15, -0.1) is 0 Å². The van der Waals surface area contributed by atoms with Crippen molar-refractivity contribution in [2.24, 2.45) is 0 Å². The topological polar surface area (TPSA) is 4.93 Å². The molecule has 0 unspecified atom stereocenters. The SMILES string of the molecule is CCCCCCn1c2ccccc2c2ccc(-c3ccc(-c4cccc5ccccc45)cc3)cc21. The average molecular weight is 454 g/mol. The van der Waals surface area contributed by atoms with E-state index in [2.05, 4.69) is 121 Å². The maximum absolute atomic E-state index is 2.54. The number of aromatic nitrogens is 1. The lowest BCUT2D eigenvalue weighted by Crippen LogP contribution is -1.97. The van der Waals surface area contributed by atoms with Crippen LogP contribution in [0.4, 0.5) is 0 Å². The van der Waals surface area contributed by atoms with Crippen LogP contribution in [0.3, 0.4) is 0 Å². The van der Waals surface area contributed by atoms with Crippen LogP contribution >= 0.6 is 0 Å². The van der Waals surface area contributed by atoms with Gasteiger partial charge in [-0.2, -0.15) is 0 Å². The molecule has 0 saturated heterocycles. The molecule has 1 heterocycles. The number of benzene rings is 5. The number of aryl methyl sites for hydroxylation is 1. The quantitative estimate of drug-likeness (QED) is 0.212. The fourth-order valence-electron chi connectivity index (χ4n) is 5.49.